The molecular formula is C10H13NO. The van der Waals surface area contributed by atoms with Crippen molar-refractivity contribution in [3.8, 4) is 0 Å². The van der Waals surface area contributed by atoms with Gasteiger partial charge < -0.3 is 5.32 Å². The summed E-state index contributed by atoms with van der Waals surface area (Å²) in [7, 11) is 0. The molecule has 0 aliphatic rings. The molecule has 0 heterocycles. The molecule has 0 saturated heterocycles. The molecule has 0 aliphatic heterocycles. The molecular weight excluding hydrogens is 150 g/mol. The van der Waals surface area contributed by atoms with Gasteiger partial charge in [0.15, 0.2) is 0 Å². The smallest absolute Gasteiger partial charge is 0.221 e. The first kappa shape index (κ1) is 8.78. The zero-order valence-corrected chi connectivity index (χ0v) is 7.42. The molecule has 1 amide bonds. The van der Waals surface area contributed by atoms with Crippen molar-refractivity contribution in [2.45, 2.75) is 20.3 Å². The van der Waals surface area contributed by atoms with Gasteiger partial charge in [-0.2, -0.15) is 0 Å². The highest BCUT2D eigenvalue weighted by Crippen LogP contribution is 2.10. The van der Waals surface area contributed by atoms with Crippen molar-refractivity contribution in [3.63, 3.8) is 0 Å². The topological polar surface area (TPSA) is 29.1 Å². The van der Waals surface area contributed by atoms with Crippen molar-refractivity contribution in [2.24, 2.45) is 0 Å². The first-order valence-corrected chi connectivity index (χ1v) is 4.09. The van der Waals surface area contributed by atoms with E-state index in [0.29, 0.717) is 0 Å². The van der Waals surface area contributed by atoms with Crippen molar-refractivity contribution in [1.29, 1.82) is 0 Å². The van der Waals surface area contributed by atoms with E-state index in [9.17, 15) is 4.79 Å². The summed E-state index contributed by atoms with van der Waals surface area (Å²) in [5.41, 5.74) is 2.11. The molecule has 0 bridgehead atoms. The lowest BCUT2D eigenvalue weighted by Gasteiger charge is -2.02. The van der Waals surface area contributed by atoms with Crippen molar-refractivity contribution in [3.05, 3.63) is 29.8 Å². The fourth-order valence-corrected chi connectivity index (χ4v) is 1.07. The highest BCUT2D eigenvalue weighted by molar-refractivity contribution is 5.88. The van der Waals surface area contributed by atoms with Crippen LogP contribution in [0.4, 0.5) is 5.69 Å². The molecule has 0 spiro atoms. The van der Waals surface area contributed by atoms with Gasteiger partial charge in [0.05, 0.1) is 0 Å². The van der Waals surface area contributed by atoms with Gasteiger partial charge in [0.2, 0.25) is 5.91 Å². The van der Waals surface area contributed by atoms with Crippen LogP contribution in [0.1, 0.15) is 19.4 Å². The summed E-state index contributed by atoms with van der Waals surface area (Å²) in [6.45, 7) is 3.60. The fraction of sp³-hybridized carbons (Fsp3) is 0.300. The highest BCUT2D eigenvalue weighted by atomic mass is 16.1. The standard InChI is InChI=1S/C10H13NO/c1-3-9-5-4-6-10(7-9)11-8(2)12/h4-7H,3H2,1-2H3,(H,11,12). The van der Waals surface area contributed by atoms with Crippen molar-refractivity contribution in [2.75, 3.05) is 5.32 Å². The zero-order chi connectivity index (χ0) is 8.97. The Morgan fingerprint density at radius 3 is 2.83 bits per heavy atom. The number of hydrogen-bond donors (Lipinski definition) is 1. The van der Waals surface area contributed by atoms with E-state index in [1.807, 2.05) is 24.3 Å². The number of anilines is 1. The Labute approximate surface area is 72.6 Å². The molecule has 0 aromatic heterocycles. The largest absolute Gasteiger partial charge is 0.326 e. The molecule has 1 N–H and O–H groups in total. The highest BCUT2D eigenvalue weighted by Gasteiger charge is 1.95. The summed E-state index contributed by atoms with van der Waals surface area (Å²) in [5.74, 6) is -0.0248. The van der Waals surface area contributed by atoms with Crippen molar-refractivity contribution in [1.82, 2.24) is 0 Å². The molecule has 0 saturated carbocycles. The van der Waals surface area contributed by atoms with E-state index in [1.54, 1.807) is 0 Å². The molecule has 0 atom stereocenters. The fourth-order valence-electron chi connectivity index (χ4n) is 1.07. The van der Waals surface area contributed by atoms with E-state index in [-0.39, 0.29) is 5.91 Å². The van der Waals surface area contributed by atoms with Gasteiger partial charge in [-0.25, -0.2) is 0 Å². The first-order chi connectivity index (χ1) is 5.72. The van der Waals surface area contributed by atoms with Gasteiger partial charge in [-0.15, -0.1) is 0 Å². The first-order valence-electron chi connectivity index (χ1n) is 4.09. The third-order valence-electron chi connectivity index (χ3n) is 1.66. The van der Waals surface area contributed by atoms with Crippen LogP contribution in [0.15, 0.2) is 24.3 Å². The maximum Gasteiger partial charge on any atom is 0.221 e. The molecule has 0 unspecified atom stereocenters. The quantitative estimate of drug-likeness (QED) is 0.711. The van der Waals surface area contributed by atoms with Crippen molar-refractivity contribution >= 4 is 11.6 Å². The Balaban J connectivity index is 2.79. The summed E-state index contributed by atoms with van der Waals surface area (Å²) < 4.78 is 0. The number of amides is 1. The third kappa shape index (κ3) is 2.38. The van der Waals surface area contributed by atoms with Gasteiger partial charge in [-0.1, -0.05) is 19.1 Å². The molecule has 12 heavy (non-hydrogen) atoms. The predicted octanol–water partition coefficient (Wildman–Crippen LogP) is 2.21. The van der Waals surface area contributed by atoms with E-state index >= 15 is 0 Å². The molecule has 1 aromatic carbocycles. The second-order valence-corrected chi connectivity index (χ2v) is 2.74. The summed E-state index contributed by atoms with van der Waals surface area (Å²) >= 11 is 0. The Morgan fingerprint density at radius 2 is 2.25 bits per heavy atom. The minimum absolute atomic E-state index is 0.0248. The summed E-state index contributed by atoms with van der Waals surface area (Å²) in [6.07, 6.45) is 0.993. The molecule has 0 aliphatic carbocycles. The average molecular weight is 163 g/mol. The van der Waals surface area contributed by atoms with Crippen LogP contribution in [0.3, 0.4) is 0 Å². The zero-order valence-electron chi connectivity index (χ0n) is 7.42. The van der Waals surface area contributed by atoms with Crippen LogP contribution >= 0.6 is 0 Å². The van der Waals surface area contributed by atoms with Gasteiger partial charge in [0.25, 0.3) is 0 Å². The normalized spacial score (nSPS) is 9.50. The van der Waals surface area contributed by atoms with E-state index in [4.69, 9.17) is 0 Å². The molecule has 0 radical (unpaired) electrons. The molecule has 2 heteroatoms. The number of carbonyl (C=O) groups excluding carboxylic acids is 1. The molecule has 1 rings (SSSR count). The van der Waals surface area contributed by atoms with Crippen LogP contribution < -0.4 is 5.32 Å². The predicted molar refractivity (Wildman–Crippen MR) is 50.1 cm³/mol. The van der Waals surface area contributed by atoms with Gasteiger partial charge >= 0.3 is 0 Å². The Kier molecular flexibility index (Phi) is 2.86. The van der Waals surface area contributed by atoms with Gasteiger partial charge in [-0.3, -0.25) is 4.79 Å². The lowest BCUT2D eigenvalue weighted by molar-refractivity contribution is -0.114. The average Bonchev–Trinajstić information content (AvgIpc) is 2.03. The number of nitrogens with one attached hydrogen (secondary N) is 1. The van der Waals surface area contributed by atoms with E-state index in [0.717, 1.165) is 12.1 Å². The second-order valence-electron chi connectivity index (χ2n) is 2.74. The van der Waals surface area contributed by atoms with Gasteiger partial charge in [0.1, 0.15) is 0 Å². The van der Waals surface area contributed by atoms with Crippen LogP contribution in [0, 0.1) is 0 Å². The SMILES string of the molecule is CCc1cccc(NC(C)=O)c1. The van der Waals surface area contributed by atoms with Crippen LogP contribution in [-0.2, 0) is 11.2 Å². The summed E-state index contributed by atoms with van der Waals surface area (Å²) in [4.78, 5) is 10.7. The molecule has 1 aromatic rings. The minimum Gasteiger partial charge on any atom is -0.326 e. The lowest BCUT2D eigenvalue weighted by Crippen LogP contribution is -2.05. The molecule has 2 nitrogen and oxygen atoms in total. The second kappa shape index (κ2) is 3.90. The lowest BCUT2D eigenvalue weighted by atomic mass is 10.1. The number of aryl methyl sites for hydroxylation is 1. The summed E-state index contributed by atoms with van der Waals surface area (Å²) in [6, 6.07) is 7.87. The molecule has 64 valence electrons. The van der Waals surface area contributed by atoms with Crippen LogP contribution in [0.2, 0.25) is 0 Å². The maximum absolute atomic E-state index is 10.7. The van der Waals surface area contributed by atoms with Crippen molar-refractivity contribution < 1.29 is 4.79 Å². The Morgan fingerprint density at radius 1 is 1.50 bits per heavy atom. The van der Waals surface area contributed by atoms with Crippen LogP contribution in [0.5, 0.6) is 0 Å². The summed E-state index contributed by atoms with van der Waals surface area (Å²) in [5, 5.41) is 2.74. The monoisotopic (exact) mass is 163 g/mol. The van der Waals surface area contributed by atoms with E-state index in [1.165, 1.54) is 12.5 Å². The number of carbonyl (C=O) groups is 1. The third-order valence-corrected chi connectivity index (χ3v) is 1.66. The number of hydrogen-bond acceptors (Lipinski definition) is 1. The maximum atomic E-state index is 10.7. The number of benzene rings is 1. The number of rotatable bonds is 2. The van der Waals surface area contributed by atoms with Crippen LogP contribution in [0.25, 0.3) is 0 Å². The van der Waals surface area contributed by atoms with Gasteiger partial charge in [0, 0.05) is 12.6 Å². The Hall–Kier alpha value is -1.31. The Bertz CT molecular complexity index is 281. The van der Waals surface area contributed by atoms with Crippen LogP contribution in [-0.4, -0.2) is 5.91 Å². The van der Waals surface area contributed by atoms with Gasteiger partial charge in [-0.05, 0) is 24.1 Å². The van der Waals surface area contributed by atoms with E-state index in [2.05, 4.69) is 12.2 Å². The molecule has 0 fully saturated rings. The van der Waals surface area contributed by atoms with E-state index < -0.39 is 0 Å². The minimum atomic E-state index is -0.0248.